The smallest absolute Gasteiger partial charge is 0.171 e. The van der Waals surface area contributed by atoms with E-state index in [9.17, 15) is 0 Å². The second kappa shape index (κ2) is 8.08. The van der Waals surface area contributed by atoms with Gasteiger partial charge in [0, 0.05) is 49.9 Å². The molecule has 168 valence electrons. The Bertz CT molecular complexity index is 1220. The Hall–Kier alpha value is -3.59. The molecule has 0 atom stereocenters. The molecule has 0 spiro atoms. The molecule has 6 rings (SSSR count). The van der Waals surface area contributed by atoms with Gasteiger partial charge in [-0.15, -0.1) is 5.11 Å². The predicted molar refractivity (Wildman–Crippen MR) is 127 cm³/mol. The standard InChI is InChI=1S/C24H26N8O/c1-31-8-9-33-21-11-16(12-27-24(21)31)15-2-3-19-18(10-15)23(30-29-19)20-13-26-14-22(28-20)32-6-4-17(25)5-7-32/h2-3,11-14,17H,4-10,25H2,1H3. The molecule has 1 saturated heterocycles. The number of nitrogens with zero attached hydrogens (tertiary/aromatic N) is 7. The SMILES string of the molecule is CN1CCOc2cc(C3=CC=C4N=NC(c5cncc(N6CCC(N)CC6)n5)=C4C3)cnc21. The van der Waals surface area contributed by atoms with Crippen LogP contribution in [0, 0.1) is 0 Å². The summed E-state index contributed by atoms with van der Waals surface area (Å²) in [5, 5.41) is 8.87. The van der Waals surface area contributed by atoms with Crippen LogP contribution in [0.1, 0.15) is 30.5 Å². The molecule has 5 heterocycles. The molecule has 0 radical (unpaired) electrons. The molecule has 3 aliphatic heterocycles. The van der Waals surface area contributed by atoms with Crippen LogP contribution in [0.4, 0.5) is 11.6 Å². The number of ether oxygens (including phenoxy) is 1. The third-order valence-electron chi connectivity index (χ3n) is 6.64. The molecule has 0 amide bonds. The first-order chi connectivity index (χ1) is 16.2. The summed E-state index contributed by atoms with van der Waals surface area (Å²) < 4.78 is 5.85. The highest BCUT2D eigenvalue weighted by Gasteiger charge is 2.26. The van der Waals surface area contributed by atoms with Gasteiger partial charge in [-0.25, -0.2) is 9.97 Å². The van der Waals surface area contributed by atoms with Crippen LogP contribution in [0.3, 0.4) is 0 Å². The van der Waals surface area contributed by atoms with Gasteiger partial charge in [0.05, 0.1) is 24.6 Å². The van der Waals surface area contributed by atoms with Gasteiger partial charge >= 0.3 is 0 Å². The highest BCUT2D eigenvalue weighted by molar-refractivity contribution is 5.81. The first kappa shape index (κ1) is 20.0. The van der Waals surface area contributed by atoms with E-state index in [1.165, 1.54) is 0 Å². The molecule has 4 aliphatic rings. The van der Waals surface area contributed by atoms with Crippen LogP contribution in [-0.4, -0.2) is 54.3 Å². The summed E-state index contributed by atoms with van der Waals surface area (Å²) >= 11 is 0. The van der Waals surface area contributed by atoms with Gasteiger partial charge in [-0.05, 0) is 30.6 Å². The topological polar surface area (TPSA) is 105 Å². The molecular formula is C24H26N8O. The number of pyridine rings is 1. The van der Waals surface area contributed by atoms with Crippen LogP contribution < -0.4 is 20.3 Å². The monoisotopic (exact) mass is 442 g/mol. The van der Waals surface area contributed by atoms with Crippen molar-refractivity contribution in [2.75, 3.05) is 43.1 Å². The van der Waals surface area contributed by atoms with Crippen molar-refractivity contribution in [3.8, 4) is 5.75 Å². The summed E-state index contributed by atoms with van der Waals surface area (Å²) in [5.41, 5.74) is 11.7. The van der Waals surface area contributed by atoms with E-state index in [0.29, 0.717) is 13.0 Å². The van der Waals surface area contributed by atoms with Crippen molar-refractivity contribution in [3.05, 3.63) is 59.3 Å². The Balaban J connectivity index is 1.29. The molecule has 9 nitrogen and oxygen atoms in total. The summed E-state index contributed by atoms with van der Waals surface area (Å²) in [4.78, 5) is 18.4. The van der Waals surface area contributed by atoms with Gasteiger partial charge in [-0.2, -0.15) is 5.11 Å². The molecule has 0 bridgehead atoms. The summed E-state index contributed by atoms with van der Waals surface area (Å²) in [6, 6.07) is 2.35. The van der Waals surface area contributed by atoms with E-state index in [2.05, 4.69) is 42.1 Å². The maximum atomic E-state index is 6.06. The summed E-state index contributed by atoms with van der Waals surface area (Å²) in [6.45, 7) is 3.31. The van der Waals surface area contributed by atoms with Crippen LogP contribution in [0.25, 0.3) is 11.3 Å². The minimum atomic E-state index is 0.273. The van der Waals surface area contributed by atoms with Crippen molar-refractivity contribution >= 4 is 22.9 Å². The highest BCUT2D eigenvalue weighted by Crippen LogP contribution is 2.42. The summed E-state index contributed by atoms with van der Waals surface area (Å²) in [7, 11) is 2.04. The number of piperidine rings is 1. The normalized spacial score (nSPS) is 20.3. The first-order valence-electron chi connectivity index (χ1n) is 11.4. The molecule has 0 unspecified atom stereocenters. The lowest BCUT2D eigenvalue weighted by Gasteiger charge is -2.30. The molecule has 2 N–H and O–H groups in total. The Kier molecular flexibility index (Phi) is 4.91. The number of azo groups is 1. The number of nitrogens with two attached hydrogens (primary N) is 1. The zero-order valence-electron chi connectivity index (χ0n) is 18.6. The number of allylic oxidation sites excluding steroid dienone is 4. The molecule has 1 aliphatic carbocycles. The fourth-order valence-corrected chi connectivity index (χ4v) is 4.64. The molecule has 1 fully saturated rings. The maximum Gasteiger partial charge on any atom is 0.171 e. The Labute approximate surface area is 192 Å². The van der Waals surface area contributed by atoms with E-state index in [0.717, 1.165) is 83.7 Å². The first-order valence-corrected chi connectivity index (χ1v) is 11.4. The second-order valence-corrected chi connectivity index (χ2v) is 8.85. The maximum absolute atomic E-state index is 6.06. The molecule has 0 saturated carbocycles. The van der Waals surface area contributed by atoms with Gasteiger partial charge in [-0.1, -0.05) is 6.08 Å². The van der Waals surface area contributed by atoms with Crippen molar-refractivity contribution in [1.29, 1.82) is 0 Å². The van der Waals surface area contributed by atoms with E-state index in [1.54, 1.807) is 6.20 Å². The second-order valence-electron chi connectivity index (χ2n) is 8.85. The minimum absolute atomic E-state index is 0.273. The van der Waals surface area contributed by atoms with Gasteiger partial charge in [0.1, 0.15) is 23.8 Å². The zero-order chi connectivity index (χ0) is 22.4. The fourth-order valence-electron chi connectivity index (χ4n) is 4.64. The Morgan fingerprint density at radius 1 is 1.06 bits per heavy atom. The molecule has 0 aromatic carbocycles. The number of hydrogen-bond acceptors (Lipinski definition) is 9. The van der Waals surface area contributed by atoms with Gasteiger partial charge in [0.15, 0.2) is 11.6 Å². The van der Waals surface area contributed by atoms with Crippen molar-refractivity contribution in [2.24, 2.45) is 16.0 Å². The largest absolute Gasteiger partial charge is 0.488 e. The Morgan fingerprint density at radius 2 is 1.94 bits per heavy atom. The van der Waals surface area contributed by atoms with Crippen molar-refractivity contribution in [1.82, 2.24) is 15.0 Å². The fraction of sp³-hybridized carbons (Fsp3) is 0.375. The van der Waals surface area contributed by atoms with Crippen molar-refractivity contribution in [2.45, 2.75) is 25.3 Å². The van der Waals surface area contributed by atoms with Gasteiger partial charge < -0.3 is 20.3 Å². The van der Waals surface area contributed by atoms with Crippen molar-refractivity contribution in [3.63, 3.8) is 0 Å². The van der Waals surface area contributed by atoms with E-state index >= 15 is 0 Å². The molecule has 2 aromatic heterocycles. The third kappa shape index (κ3) is 3.68. The van der Waals surface area contributed by atoms with Crippen molar-refractivity contribution < 1.29 is 4.74 Å². The molecule has 2 aromatic rings. The minimum Gasteiger partial charge on any atom is -0.488 e. The van der Waals surface area contributed by atoms with E-state index in [1.807, 2.05) is 25.5 Å². The van der Waals surface area contributed by atoms with Gasteiger partial charge in [0.2, 0.25) is 0 Å². The molecule has 9 heteroatoms. The molecular weight excluding hydrogens is 416 g/mol. The van der Waals surface area contributed by atoms with Crippen LogP contribution in [0.15, 0.2) is 58.3 Å². The number of fused-ring (bicyclic) bond motifs is 2. The number of anilines is 2. The Morgan fingerprint density at radius 3 is 2.82 bits per heavy atom. The average molecular weight is 443 g/mol. The van der Waals surface area contributed by atoms with Gasteiger partial charge in [0.25, 0.3) is 0 Å². The van der Waals surface area contributed by atoms with Crippen LogP contribution in [0.5, 0.6) is 5.75 Å². The van der Waals surface area contributed by atoms with E-state index in [4.69, 9.17) is 15.5 Å². The number of aromatic nitrogens is 3. The van der Waals surface area contributed by atoms with Crippen LogP contribution in [0.2, 0.25) is 0 Å². The van der Waals surface area contributed by atoms with Crippen LogP contribution in [-0.2, 0) is 0 Å². The lowest BCUT2D eigenvalue weighted by Crippen LogP contribution is -2.40. The zero-order valence-corrected chi connectivity index (χ0v) is 18.6. The number of hydrogen-bond donors (Lipinski definition) is 1. The average Bonchev–Trinajstić information content (AvgIpc) is 3.28. The summed E-state index contributed by atoms with van der Waals surface area (Å²) in [6.07, 6.45) is 12.2. The third-order valence-corrected chi connectivity index (χ3v) is 6.64. The predicted octanol–water partition coefficient (Wildman–Crippen LogP) is 3.18. The van der Waals surface area contributed by atoms with Crippen LogP contribution >= 0.6 is 0 Å². The van der Waals surface area contributed by atoms with E-state index < -0.39 is 0 Å². The highest BCUT2D eigenvalue weighted by atomic mass is 16.5. The molecule has 33 heavy (non-hydrogen) atoms. The van der Waals surface area contributed by atoms with Gasteiger partial charge in [-0.3, -0.25) is 4.98 Å². The lowest BCUT2D eigenvalue weighted by atomic mass is 9.91. The summed E-state index contributed by atoms with van der Waals surface area (Å²) in [5.74, 6) is 2.58. The number of rotatable bonds is 3. The quantitative estimate of drug-likeness (QED) is 0.778. The van der Waals surface area contributed by atoms with E-state index in [-0.39, 0.29) is 6.04 Å². The number of likely N-dealkylation sites (N-methyl/N-ethyl adjacent to an activating group) is 1. The lowest BCUT2D eigenvalue weighted by molar-refractivity contribution is 0.309.